The van der Waals surface area contributed by atoms with Crippen molar-refractivity contribution in [1.29, 1.82) is 0 Å². The van der Waals surface area contributed by atoms with Crippen LogP contribution in [0.4, 0.5) is 5.82 Å². The average Bonchev–Trinajstić information content (AvgIpc) is 2.39. The molecule has 0 saturated carbocycles. The summed E-state index contributed by atoms with van der Waals surface area (Å²) < 4.78 is 0. The number of pyridine rings is 1. The number of rotatable bonds is 8. The molecule has 0 aromatic carbocycles. The standard InChI is InChI=1S/C15H26ClN3/c1-5-7-8-19(6-2)15-9-13(10-17-12(3)4)14(16)11-18-15/h9,11-12,17H,5-8,10H2,1-4H3. The van der Waals surface area contributed by atoms with Crippen molar-refractivity contribution in [2.75, 3.05) is 18.0 Å². The number of unbranched alkanes of at least 4 members (excludes halogenated alkanes) is 1. The summed E-state index contributed by atoms with van der Waals surface area (Å²) in [5.41, 5.74) is 1.12. The lowest BCUT2D eigenvalue weighted by molar-refractivity contribution is 0.588. The van der Waals surface area contributed by atoms with Crippen molar-refractivity contribution < 1.29 is 0 Å². The number of nitrogens with zero attached hydrogens (tertiary/aromatic N) is 2. The molecule has 0 amide bonds. The van der Waals surface area contributed by atoms with E-state index in [0.717, 1.165) is 36.0 Å². The molecule has 0 aliphatic heterocycles. The smallest absolute Gasteiger partial charge is 0.128 e. The van der Waals surface area contributed by atoms with Crippen molar-refractivity contribution in [3.8, 4) is 0 Å². The molecule has 0 aliphatic carbocycles. The van der Waals surface area contributed by atoms with Gasteiger partial charge in [-0.2, -0.15) is 0 Å². The molecule has 0 atom stereocenters. The Labute approximate surface area is 122 Å². The van der Waals surface area contributed by atoms with E-state index < -0.39 is 0 Å². The largest absolute Gasteiger partial charge is 0.357 e. The second kappa shape index (κ2) is 8.39. The summed E-state index contributed by atoms with van der Waals surface area (Å²) in [6.45, 7) is 11.5. The fraction of sp³-hybridized carbons (Fsp3) is 0.667. The van der Waals surface area contributed by atoms with Gasteiger partial charge in [-0.05, 0) is 25.0 Å². The highest BCUT2D eigenvalue weighted by molar-refractivity contribution is 6.31. The first kappa shape index (κ1) is 16.3. The van der Waals surface area contributed by atoms with Crippen LogP contribution in [0.3, 0.4) is 0 Å². The molecule has 3 nitrogen and oxygen atoms in total. The number of anilines is 1. The van der Waals surface area contributed by atoms with Gasteiger partial charge in [-0.15, -0.1) is 0 Å². The third kappa shape index (κ3) is 5.37. The second-order valence-electron chi connectivity index (χ2n) is 5.10. The first-order valence-electron chi connectivity index (χ1n) is 7.21. The molecule has 0 bridgehead atoms. The average molecular weight is 284 g/mol. The van der Waals surface area contributed by atoms with Crippen LogP contribution in [-0.4, -0.2) is 24.1 Å². The Kier molecular flexibility index (Phi) is 7.17. The van der Waals surface area contributed by atoms with E-state index in [1.807, 2.05) is 0 Å². The predicted octanol–water partition coefficient (Wildman–Crippen LogP) is 3.86. The van der Waals surface area contributed by atoms with Gasteiger partial charge in [0.25, 0.3) is 0 Å². The van der Waals surface area contributed by atoms with E-state index in [0.29, 0.717) is 6.04 Å². The minimum atomic E-state index is 0.454. The Morgan fingerprint density at radius 3 is 2.68 bits per heavy atom. The van der Waals surface area contributed by atoms with Gasteiger partial charge in [-0.1, -0.05) is 38.8 Å². The number of hydrogen-bond donors (Lipinski definition) is 1. The molecule has 4 heteroatoms. The topological polar surface area (TPSA) is 28.2 Å². The van der Waals surface area contributed by atoms with Crippen LogP contribution in [-0.2, 0) is 6.54 Å². The van der Waals surface area contributed by atoms with Crippen LogP contribution in [0, 0.1) is 0 Å². The lowest BCUT2D eigenvalue weighted by Gasteiger charge is -2.22. The summed E-state index contributed by atoms with van der Waals surface area (Å²) in [6.07, 6.45) is 4.16. The van der Waals surface area contributed by atoms with Crippen LogP contribution in [0.5, 0.6) is 0 Å². The van der Waals surface area contributed by atoms with Gasteiger partial charge in [0.15, 0.2) is 0 Å². The molecule has 1 aromatic heterocycles. The van der Waals surface area contributed by atoms with Crippen LogP contribution < -0.4 is 10.2 Å². The summed E-state index contributed by atoms with van der Waals surface area (Å²) in [7, 11) is 0. The van der Waals surface area contributed by atoms with Gasteiger partial charge in [0, 0.05) is 31.9 Å². The van der Waals surface area contributed by atoms with Crippen LogP contribution in [0.15, 0.2) is 12.3 Å². The molecule has 1 rings (SSSR count). The number of aromatic nitrogens is 1. The summed E-state index contributed by atoms with van der Waals surface area (Å²) in [5, 5.41) is 4.14. The van der Waals surface area contributed by atoms with Crippen LogP contribution in [0.2, 0.25) is 5.02 Å². The fourth-order valence-corrected chi connectivity index (χ4v) is 2.04. The fourth-order valence-electron chi connectivity index (χ4n) is 1.87. The molecular formula is C15H26ClN3. The zero-order chi connectivity index (χ0) is 14.3. The molecule has 0 aliphatic rings. The van der Waals surface area contributed by atoms with Gasteiger partial charge in [-0.25, -0.2) is 4.98 Å². The summed E-state index contributed by atoms with van der Waals surface area (Å²) >= 11 is 6.21. The third-order valence-electron chi connectivity index (χ3n) is 3.11. The molecule has 0 unspecified atom stereocenters. The molecule has 19 heavy (non-hydrogen) atoms. The van der Waals surface area contributed by atoms with Crippen molar-refractivity contribution in [3.05, 3.63) is 22.8 Å². The van der Waals surface area contributed by atoms with Crippen molar-refractivity contribution in [3.63, 3.8) is 0 Å². The monoisotopic (exact) mass is 283 g/mol. The van der Waals surface area contributed by atoms with Crippen LogP contribution in [0.25, 0.3) is 0 Å². The summed E-state index contributed by atoms with van der Waals surface area (Å²) in [6, 6.07) is 2.56. The van der Waals surface area contributed by atoms with Crippen molar-refractivity contribution in [2.45, 2.75) is 53.1 Å². The van der Waals surface area contributed by atoms with E-state index in [-0.39, 0.29) is 0 Å². The highest BCUT2D eigenvalue weighted by Gasteiger charge is 2.09. The number of nitrogens with one attached hydrogen (secondary N) is 1. The molecule has 1 N–H and O–H groups in total. The Bertz CT molecular complexity index is 380. The predicted molar refractivity (Wildman–Crippen MR) is 84.0 cm³/mol. The lowest BCUT2D eigenvalue weighted by atomic mass is 10.2. The number of hydrogen-bond acceptors (Lipinski definition) is 3. The molecule has 0 radical (unpaired) electrons. The van der Waals surface area contributed by atoms with E-state index in [4.69, 9.17) is 11.6 Å². The maximum atomic E-state index is 6.21. The zero-order valence-electron chi connectivity index (χ0n) is 12.5. The van der Waals surface area contributed by atoms with E-state index in [2.05, 4.69) is 49.0 Å². The van der Waals surface area contributed by atoms with Gasteiger partial charge < -0.3 is 10.2 Å². The van der Waals surface area contributed by atoms with Crippen LogP contribution >= 0.6 is 11.6 Å². The first-order chi connectivity index (χ1) is 9.08. The van der Waals surface area contributed by atoms with Crippen molar-refractivity contribution in [1.82, 2.24) is 10.3 Å². The van der Waals surface area contributed by atoms with E-state index >= 15 is 0 Å². The van der Waals surface area contributed by atoms with E-state index in [9.17, 15) is 0 Å². The van der Waals surface area contributed by atoms with Gasteiger partial charge >= 0.3 is 0 Å². The van der Waals surface area contributed by atoms with Crippen molar-refractivity contribution >= 4 is 17.4 Å². The minimum absolute atomic E-state index is 0.454. The van der Waals surface area contributed by atoms with Gasteiger partial charge in [0.2, 0.25) is 0 Å². The lowest BCUT2D eigenvalue weighted by Crippen LogP contribution is -2.26. The summed E-state index contributed by atoms with van der Waals surface area (Å²) in [4.78, 5) is 6.76. The molecule has 108 valence electrons. The molecule has 0 saturated heterocycles. The molecule has 0 fully saturated rings. The SMILES string of the molecule is CCCCN(CC)c1cc(CNC(C)C)c(Cl)cn1. The quantitative estimate of drug-likeness (QED) is 0.785. The maximum absolute atomic E-state index is 6.21. The second-order valence-corrected chi connectivity index (χ2v) is 5.51. The van der Waals surface area contributed by atoms with Crippen LogP contribution in [0.1, 0.15) is 46.1 Å². The first-order valence-corrected chi connectivity index (χ1v) is 7.59. The molecular weight excluding hydrogens is 258 g/mol. The Balaban J connectivity index is 2.80. The van der Waals surface area contributed by atoms with Gasteiger partial charge in [-0.3, -0.25) is 0 Å². The van der Waals surface area contributed by atoms with E-state index in [1.54, 1.807) is 6.20 Å². The Morgan fingerprint density at radius 2 is 2.11 bits per heavy atom. The summed E-state index contributed by atoms with van der Waals surface area (Å²) in [5.74, 6) is 1.03. The van der Waals surface area contributed by atoms with Gasteiger partial charge in [0.05, 0.1) is 5.02 Å². The molecule has 0 spiro atoms. The van der Waals surface area contributed by atoms with Gasteiger partial charge in [0.1, 0.15) is 5.82 Å². The molecule has 1 heterocycles. The minimum Gasteiger partial charge on any atom is -0.357 e. The Hall–Kier alpha value is -0.800. The maximum Gasteiger partial charge on any atom is 0.128 e. The molecule has 1 aromatic rings. The van der Waals surface area contributed by atoms with Crippen molar-refractivity contribution in [2.24, 2.45) is 0 Å². The Morgan fingerprint density at radius 1 is 1.37 bits per heavy atom. The van der Waals surface area contributed by atoms with E-state index in [1.165, 1.54) is 12.8 Å². The number of halogens is 1. The third-order valence-corrected chi connectivity index (χ3v) is 3.45. The highest BCUT2D eigenvalue weighted by Crippen LogP contribution is 2.21. The normalized spacial score (nSPS) is 11.1. The zero-order valence-corrected chi connectivity index (χ0v) is 13.3. The highest BCUT2D eigenvalue weighted by atomic mass is 35.5.